The van der Waals surface area contributed by atoms with Crippen LogP contribution in [0.4, 0.5) is 5.69 Å². The van der Waals surface area contributed by atoms with Crippen molar-refractivity contribution in [1.82, 2.24) is 5.43 Å². The normalized spacial score (nSPS) is 14.7. The largest absolute Gasteiger partial charge is 0.378 e. The van der Waals surface area contributed by atoms with Gasteiger partial charge in [-0.05, 0) is 42.3 Å². The zero-order valence-electron chi connectivity index (χ0n) is 14.0. The van der Waals surface area contributed by atoms with Gasteiger partial charge in [-0.1, -0.05) is 29.8 Å². The molecule has 0 aromatic heterocycles. The molecule has 1 saturated heterocycles. The highest BCUT2D eigenvalue weighted by Gasteiger charge is 2.12. The van der Waals surface area contributed by atoms with Gasteiger partial charge in [-0.15, -0.1) is 0 Å². The SMILES string of the molecule is Cc1cc(N2CCOCC2)ccc1C=NNC(=O)c1ccccc1Cl. The van der Waals surface area contributed by atoms with E-state index in [1.807, 2.05) is 13.0 Å². The molecular weight excluding hydrogens is 338 g/mol. The number of carbonyl (C=O) groups is 1. The summed E-state index contributed by atoms with van der Waals surface area (Å²) in [4.78, 5) is 14.4. The molecule has 5 nitrogen and oxygen atoms in total. The number of hydrazone groups is 1. The summed E-state index contributed by atoms with van der Waals surface area (Å²) in [6.07, 6.45) is 1.65. The van der Waals surface area contributed by atoms with E-state index in [2.05, 4.69) is 27.6 Å². The van der Waals surface area contributed by atoms with Crippen molar-refractivity contribution in [2.45, 2.75) is 6.92 Å². The first-order valence-electron chi connectivity index (χ1n) is 8.16. The maximum absolute atomic E-state index is 12.1. The van der Waals surface area contributed by atoms with Crippen molar-refractivity contribution in [2.24, 2.45) is 5.10 Å². The Balaban J connectivity index is 1.65. The lowest BCUT2D eigenvalue weighted by atomic mass is 10.1. The second-order valence-corrected chi connectivity index (χ2v) is 6.23. The van der Waals surface area contributed by atoms with Crippen LogP contribution in [0.25, 0.3) is 0 Å². The van der Waals surface area contributed by atoms with E-state index in [1.54, 1.807) is 30.5 Å². The van der Waals surface area contributed by atoms with Crippen LogP contribution in [0.15, 0.2) is 47.6 Å². The van der Waals surface area contributed by atoms with Crippen LogP contribution in [0.2, 0.25) is 5.02 Å². The summed E-state index contributed by atoms with van der Waals surface area (Å²) in [5.41, 5.74) is 6.15. The van der Waals surface area contributed by atoms with Gasteiger partial charge in [0.1, 0.15) is 0 Å². The summed E-state index contributed by atoms with van der Waals surface area (Å²) in [7, 11) is 0. The molecule has 0 unspecified atom stereocenters. The number of aryl methyl sites for hydroxylation is 1. The van der Waals surface area contributed by atoms with Gasteiger partial charge >= 0.3 is 0 Å². The summed E-state index contributed by atoms with van der Waals surface area (Å²) in [5.74, 6) is -0.329. The fourth-order valence-corrected chi connectivity index (χ4v) is 2.91. The summed E-state index contributed by atoms with van der Waals surface area (Å²) in [6.45, 7) is 5.36. The molecule has 2 aromatic carbocycles. The Hall–Kier alpha value is -2.37. The average Bonchev–Trinajstić information content (AvgIpc) is 2.64. The Labute approximate surface area is 152 Å². The highest BCUT2D eigenvalue weighted by Crippen LogP contribution is 2.19. The molecule has 0 aliphatic carbocycles. The maximum atomic E-state index is 12.1. The lowest BCUT2D eigenvalue weighted by molar-refractivity contribution is 0.0955. The second-order valence-electron chi connectivity index (χ2n) is 5.82. The van der Waals surface area contributed by atoms with E-state index in [0.29, 0.717) is 10.6 Å². The van der Waals surface area contributed by atoms with E-state index in [0.717, 1.165) is 37.4 Å². The van der Waals surface area contributed by atoms with Gasteiger partial charge in [0, 0.05) is 18.8 Å². The molecule has 1 amide bonds. The van der Waals surface area contributed by atoms with Crippen LogP contribution in [-0.4, -0.2) is 38.4 Å². The van der Waals surface area contributed by atoms with Crippen LogP contribution in [0.1, 0.15) is 21.5 Å². The smallest absolute Gasteiger partial charge is 0.272 e. The van der Waals surface area contributed by atoms with Gasteiger partial charge in [0.2, 0.25) is 0 Å². The molecule has 0 saturated carbocycles. The number of benzene rings is 2. The number of carbonyl (C=O) groups excluding carboxylic acids is 1. The van der Waals surface area contributed by atoms with Crippen molar-refractivity contribution in [1.29, 1.82) is 0 Å². The molecule has 0 radical (unpaired) electrons. The summed E-state index contributed by atoms with van der Waals surface area (Å²) in [6, 6.07) is 13.1. The number of nitrogens with zero attached hydrogens (tertiary/aromatic N) is 2. The molecule has 130 valence electrons. The van der Waals surface area contributed by atoms with Gasteiger partial charge in [0.25, 0.3) is 5.91 Å². The van der Waals surface area contributed by atoms with Crippen molar-refractivity contribution < 1.29 is 9.53 Å². The number of amides is 1. The van der Waals surface area contributed by atoms with Crippen LogP contribution in [0.3, 0.4) is 0 Å². The topological polar surface area (TPSA) is 53.9 Å². The van der Waals surface area contributed by atoms with E-state index >= 15 is 0 Å². The third-order valence-electron chi connectivity index (χ3n) is 4.12. The first-order chi connectivity index (χ1) is 12.1. The fraction of sp³-hybridized carbons (Fsp3) is 0.263. The first-order valence-corrected chi connectivity index (χ1v) is 8.54. The Morgan fingerprint density at radius 2 is 2.00 bits per heavy atom. The van der Waals surface area contributed by atoms with Crippen LogP contribution < -0.4 is 10.3 Å². The standard InChI is InChI=1S/C19H20ClN3O2/c1-14-12-16(23-8-10-25-11-9-23)7-6-15(14)13-21-22-19(24)17-4-2-3-5-18(17)20/h2-7,12-13H,8-11H2,1H3,(H,22,24). The van der Waals surface area contributed by atoms with E-state index in [-0.39, 0.29) is 5.91 Å². The lowest BCUT2D eigenvalue weighted by Gasteiger charge is -2.29. The van der Waals surface area contributed by atoms with Gasteiger partial charge in [0.05, 0.1) is 30.0 Å². The number of nitrogens with one attached hydrogen (secondary N) is 1. The van der Waals surface area contributed by atoms with E-state index in [4.69, 9.17) is 16.3 Å². The molecule has 1 aliphatic heterocycles. The molecule has 0 spiro atoms. The molecule has 25 heavy (non-hydrogen) atoms. The Morgan fingerprint density at radius 3 is 2.72 bits per heavy atom. The minimum Gasteiger partial charge on any atom is -0.378 e. The number of hydrogen-bond donors (Lipinski definition) is 1. The number of ether oxygens (including phenoxy) is 1. The number of halogens is 1. The Bertz CT molecular complexity index is 786. The van der Waals surface area contributed by atoms with E-state index in [1.165, 1.54) is 5.69 Å². The fourth-order valence-electron chi connectivity index (χ4n) is 2.69. The minimum absolute atomic E-state index is 0.329. The van der Waals surface area contributed by atoms with Crippen molar-refractivity contribution in [3.05, 3.63) is 64.2 Å². The molecular formula is C19H20ClN3O2. The molecule has 3 rings (SSSR count). The Kier molecular flexibility index (Phi) is 5.68. The number of morpholine rings is 1. The third kappa shape index (κ3) is 4.38. The number of hydrogen-bond acceptors (Lipinski definition) is 4. The highest BCUT2D eigenvalue weighted by atomic mass is 35.5. The van der Waals surface area contributed by atoms with Gasteiger partial charge in [-0.3, -0.25) is 4.79 Å². The molecule has 2 aromatic rings. The third-order valence-corrected chi connectivity index (χ3v) is 4.45. The van der Waals surface area contributed by atoms with Gasteiger partial charge in [-0.2, -0.15) is 5.10 Å². The van der Waals surface area contributed by atoms with Crippen molar-refractivity contribution >= 4 is 29.4 Å². The number of anilines is 1. The van der Waals surface area contributed by atoms with Crippen LogP contribution >= 0.6 is 11.6 Å². The van der Waals surface area contributed by atoms with Crippen LogP contribution in [0, 0.1) is 6.92 Å². The predicted molar refractivity (Wildman–Crippen MR) is 101 cm³/mol. The molecule has 0 bridgehead atoms. The minimum atomic E-state index is -0.329. The monoisotopic (exact) mass is 357 g/mol. The van der Waals surface area contributed by atoms with E-state index < -0.39 is 0 Å². The van der Waals surface area contributed by atoms with Gasteiger partial charge in [-0.25, -0.2) is 5.43 Å². The van der Waals surface area contributed by atoms with Crippen LogP contribution in [-0.2, 0) is 4.74 Å². The molecule has 1 aliphatic rings. The summed E-state index contributed by atoms with van der Waals surface area (Å²) >= 11 is 6.01. The van der Waals surface area contributed by atoms with Crippen LogP contribution in [0.5, 0.6) is 0 Å². The first kappa shape index (κ1) is 17.5. The lowest BCUT2D eigenvalue weighted by Crippen LogP contribution is -2.36. The van der Waals surface area contributed by atoms with Gasteiger partial charge in [0.15, 0.2) is 0 Å². The zero-order chi connectivity index (χ0) is 17.6. The quantitative estimate of drug-likeness (QED) is 0.675. The van der Waals surface area contributed by atoms with Crippen molar-refractivity contribution in [3.63, 3.8) is 0 Å². The Morgan fingerprint density at radius 1 is 1.24 bits per heavy atom. The maximum Gasteiger partial charge on any atom is 0.272 e. The van der Waals surface area contributed by atoms with E-state index in [9.17, 15) is 4.79 Å². The predicted octanol–water partition coefficient (Wildman–Crippen LogP) is 3.25. The van der Waals surface area contributed by atoms with Crippen molar-refractivity contribution in [3.8, 4) is 0 Å². The molecule has 1 heterocycles. The number of rotatable bonds is 4. The molecule has 6 heteroatoms. The highest BCUT2D eigenvalue weighted by molar-refractivity contribution is 6.33. The molecule has 0 atom stereocenters. The molecule has 1 N–H and O–H groups in total. The average molecular weight is 358 g/mol. The van der Waals surface area contributed by atoms with Gasteiger partial charge < -0.3 is 9.64 Å². The second kappa shape index (κ2) is 8.14. The zero-order valence-corrected chi connectivity index (χ0v) is 14.8. The summed E-state index contributed by atoms with van der Waals surface area (Å²) < 4.78 is 5.38. The van der Waals surface area contributed by atoms with Crippen molar-refractivity contribution in [2.75, 3.05) is 31.2 Å². The molecule has 1 fully saturated rings. The summed E-state index contributed by atoms with van der Waals surface area (Å²) in [5, 5.41) is 4.45.